The molecule has 0 fully saturated rings. The maximum Gasteiger partial charge on any atom is 0.306 e. The van der Waals surface area contributed by atoms with Crippen LogP contribution in [0, 0.1) is 0 Å². The number of benzene rings is 1. The highest BCUT2D eigenvalue weighted by Gasteiger charge is 2.08. The van der Waals surface area contributed by atoms with E-state index in [1.54, 1.807) is 11.3 Å². The molecule has 17 heavy (non-hydrogen) atoms. The fourth-order valence-corrected chi connectivity index (χ4v) is 2.41. The lowest BCUT2D eigenvalue weighted by molar-refractivity contribution is -0.137. The van der Waals surface area contributed by atoms with Crippen molar-refractivity contribution in [1.82, 2.24) is 4.98 Å². The molecule has 0 saturated heterocycles. The number of aromatic nitrogens is 1. The van der Waals surface area contributed by atoms with Gasteiger partial charge in [0.25, 0.3) is 0 Å². The van der Waals surface area contributed by atoms with Crippen molar-refractivity contribution in [3.63, 3.8) is 0 Å². The van der Waals surface area contributed by atoms with E-state index in [0.717, 1.165) is 21.6 Å². The molecule has 0 spiro atoms. The van der Waals surface area contributed by atoms with Gasteiger partial charge in [0.15, 0.2) is 0 Å². The van der Waals surface area contributed by atoms with E-state index < -0.39 is 5.97 Å². The second-order valence-corrected chi connectivity index (χ2v) is 4.67. The molecule has 1 N–H and O–H groups in total. The Morgan fingerprint density at radius 3 is 3.06 bits per heavy atom. The van der Waals surface area contributed by atoms with Gasteiger partial charge in [-0.15, -0.1) is 11.3 Å². The SMILES string of the molecule is CCc1nc2c(OCCC(=O)O)cccc2s1. The lowest BCUT2D eigenvalue weighted by Gasteiger charge is -2.04. The summed E-state index contributed by atoms with van der Waals surface area (Å²) >= 11 is 1.64. The molecule has 0 amide bonds. The van der Waals surface area contributed by atoms with Crippen LogP contribution in [0.4, 0.5) is 0 Å². The van der Waals surface area contributed by atoms with Crippen LogP contribution in [0.3, 0.4) is 0 Å². The first kappa shape index (κ1) is 11.9. The molecule has 0 saturated carbocycles. The number of nitrogens with zero attached hydrogens (tertiary/aromatic N) is 1. The second kappa shape index (κ2) is 5.14. The van der Waals surface area contributed by atoms with Gasteiger partial charge < -0.3 is 9.84 Å². The smallest absolute Gasteiger partial charge is 0.306 e. The number of hydrogen-bond donors (Lipinski definition) is 1. The quantitative estimate of drug-likeness (QED) is 0.887. The van der Waals surface area contributed by atoms with Gasteiger partial charge in [-0.2, -0.15) is 0 Å². The van der Waals surface area contributed by atoms with Gasteiger partial charge in [0.1, 0.15) is 11.3 Å². The Balaban J connectivity index is 2.21. The first-order valence-electron chi connectivity index (χ1n) is 5.43. The van der Waals surface area contributed by atoms with Gasteiger partial charge >= 0.3 is 5.97 Å². The zero-order chi connectivity index (χ0) is 12.3. The first-order chi connectivity index (χ1) is 8.20. The minimum Gasteiger partial charge on any atom is -0.491 e. The summed E-state index contributed by atoms with van der Waals surface area (Å²) in [6, 6.07) is 5.72. The van der Waals surface area contributed by atoms with Crippen molar-refractivity contribution in [3.8, 4) is 5.75 Å². The standard InChI is InChI=1S/C12H13NO3S/c1-2-10-13-12-8(16-7-6-11(14)15)4-3-5-9(12)17-10/h3-5H,2,6-7H2,1H3,(H,14,15). The van der Waals surface area contributed by atoms with Gasteiger partial charge in [-0.1, -0.05) is 13.0 Å². The van der Waals surface area contributed by atoms with E-state index in [0.29, 0.717) is 5.75 Å². The van der Waals surface area contributed by atoms with Crippen molar-refractivity contribution in [2.45, 2.75) is 19.8 Å². The van der Waals surface area contributed by atoms with Crippen molar-refractivity contribution in [2.75, 3.05) is 6.61 Å². The number of fused-ring (bicyclic) bond motifs is 1. The number of ether oxygens (including phenoxy) is 1. The Bertz CT molecular complexity index is 536. The molecule has 0 aliphatic heterocycles. The van der Waals surface area contributed by atoms with Crippen LogP contribution in [0.2, 0.25) is 0 Å². The number of para-hydroxylation sites is 1. The Morgan fingerprint density at radius 2 is 2.35 bits per heavy atom. The number of carbonyl (C=O) groups is 1. The van der Waals surface area contributed by atoms with E-state index in [4.69, 9.17) is 9.84 Å². The van der Waals surface area contributed by atoms with Crippen molar-refractivity contribution in [1.29, 1.82) is 0 Å². The van der Waals surface area contributed by atoms with Gasteiger partial charge in [-0.25, -0.2) is 4.98 Å². The van der Waals surface area contributed by atoms with Crippen LogP contribution in [0.5, 0.6) is 5.75 Å². The lowest BCUT2D eigenvalue weighted by atomic mass is 10.3. The topological polar surface area (TPSA) is 59.4 Å². The van der Waals surface area contributed by atoms with E-state index in [9.17, 15) is 4.79 Å². The minimum atomic E-state index is -0.857. The second-order valence-electron chi connectivity index (χ2n) is 3.56. The van der Waals surface area contributed by atoms with E-state index in [-0.39, 0.29) is 13.0 Å². The van der Waals surface area contributed by atoms with E-state index in [1.165, 1.54) is 0 Å². The Morgan fingerprint density at radius 1 is 1.53 bits per heavy atom. The summed E-state index contributed by atoms with van der Waals surface area (Å²) in [5.74, 6) is -0.190. The molecular weight excluding hydrogens is 238 g/mol. The Labute approximate surface area is 103 Å². The van der Waals surface area contributed by atoms with Crippen LogP contribution in [-0.4, -0.2) is 22.7 Å². The maximum atomic E-state index is 10.4. The van der Waals surface area contributed by atoms with Crippen LogP contribution in [0.1, 0.15) is 18.4 Å². The highest BCUT2D eigenvalue weighted by molar-refractivity contribution is 7.18. The third kappa shape index (κ3) is 2.74. The highest BCUT2D eigenvalue weighted by Crippen LogP contribution is 2.29. The van der Waals surface area contributed by atoms with Gasteiger partial charge in [0.2, 0.25) is 0 Å². The first-order valence-corrected chi connectivity index (χ1v) is 6.25. The van der Waals surface area contributed by atoms with Crippen molar-refractivity contribution in [3.05, 3.63) is 23.2 Å². The molecule has 2 aromatic rings. The zero-order valence-corrected chi connectivity index (χ0v) is 10.3. The summed E-state index contributed by atoms with van der Waals surface area (Å²) in [4.78, 5) is 14.9. The minimum absolute atomic E-state index is 0.00115. The molecule has 5 heteroatoms. The largest absolute Gasteiger partial charge is 0.491 e. The van der Waals surface area contributed by atoms with Crippen LogP contribution >= 0.6 is 11.3 Å². The number of rotatable bonds is 5. The summed E-state index contributed by atoms with van der Waals surface area (Å²) in [5, 5.41) is 9.62. The van der Waals surface area contributed by atoms with Crippen LogP contribution in [0.25, 0.3) is 10.2 Å². The summed E-state index contributed by atoms with van der Waals surface area (Å²) in [5.41, 5.74) is 0.833. The fraction of sp³-hybridized carbons (Fsp3) is 0.333. The van der Waals surface area contributed by atoms with Gasteiger partial charge in [0, 0.05) is 0 Å². The van der Waals surface area contributed by atoms with Crippen molar-refractivity contribution in [2.24, 2.45) is 0 Å². The molecule has 0 aliphatic rings. The molecule has 1 aromatic carbocycles. The highest BCUT2D eigenvalue weighted by atomic mass is 32.1. The average molecular weight is 251 g/mol. The maximum absolute atomic E-state index is 10.4. The Kier molecular flexibility index (Phi) is 3.58. The normalized spacial score (nSPS) is 10.6. The predicted octanol–water partition coefficient (Wildman–Crippen LogP) is 2.71. The number of carboxylic acids is 1. The number of aliphatic carboxylic acids is 1. The third-order valence-corrected chi connectivity index (χ3v) is 3.47. The van der Waals surface area contributed by atoms with E-state index in [2.05, 4.69) is 11.9 Å². The fourth-order valence-electron chi connectivity index (χ4n) is 1.49. The van der Waals surface area contributed by atoms with Crippen LogP contribution < -0.4 is 4.74 Å². The lowest BCUT2D eigenvalue weighted by Crippen LogP contribution is -2.04. The molecule has 0 radical (unpaired) electrons. The average Bonchev–Trinajstić information content (AvgIpc) is 2.72. The summed E-state index contributed by atoms with van der Waals surface area (Å²) in [6.07, 6.45) is 0.898. The molecule has 4 nitrogen and oxygen atoms in total. The van der Waals surface area contributed by atoms with Gasteiger partial charge in [0.05, 0.1) is 22.7 Å². The van der Waals surface area contributed by atoms with Crippen LogP contribution in [-0.2, 0) is 11.2 Å². The molecule has 1 aromatic heterocycles. The number of hydrogen-bond acceptors (Lipinski definition) is 4. The van der Waals surface area contributed by atoms with Gasteiger partial charge in [-0.05, 0) is 18.6 Å². The summed E-state index contributed by atoms with van der Waals surface area (Å²) < 4.78 is 6.53. The van der Waals surface area contributed by atoms with E-state index in [1.807, 2.05) is 18.2 Å². The Hall–Kier alpha value is -1.62. The molecule has 2 rings (SSSR count). The number of aryl methyl sites for hydroxylation is 1. The zero-order valence-electron chi connectivity index (χ0n) is 9.47. The molecule has 0 unspecified atom stereocenters. The van der Waals surface area contributed by atoms with E-state index >= 15 is 0 Å². The molecule has 90 valence electrons. The van der Waals surface area contributed by atoms with Crippen molar-refractivity contribution >= 4 is 27.5 Å². The number of thiazole rings is 1. The summed E-state index contributed by atoms with van der Waals surface area (Å²) in [7, 11) is 0. The molecule has 0 bridgehead atoms. The monoisotopic (exact) mass is 251 g/mol. The molecular formula is C12H13NO3S. The van der Waals surface area contributed by atoms with Crippen LogP contribution in [0.15, 0.2) is 18.2 Å². The molecule has 0 atom stereocenters. The summed E-state index contributed by atoms with van der Waals surface area (Å²) in [6.45, 7) is 2.23. The molecule has 1 heterocycles. The van der Waals surface area contributed by atoms with Crippen molar-refractivity contribution < 1.29 is 14.6 Å². The third-order valence-electron chi connectivity index (χ3n) is 2.30. The van der Waals surface area contributed by atoms with Gasteiger partial charge in [-0.3, -0.25) is 4.79 Å². The molecule has 0 aliphatic carbocycles. The number of carboxylic acid groups (broad SMARTS) is 1. The predicted molar refractivity (Wildman–Crippen MR) is 66.7 cm³/mol.